The van der Waals surface area contributed by atoms with Crippen molar-refractivity contribution in [2.45, 2.75) is 33.1 Å². The van der Waals surface area contributed by atoms with Gasteiger partial charge in [-0.2, -0.15) is 4.79 Å². The van der Waals surface area contributed by atoms with Gasteiger partial charge in [-0.05, 0) is 13.3 Å². The number of rotatable bonds is 6. The number of ether oxygens (including phenoxy) is 1. The number of hydrogen-bond donors (Lipinski definition) is 0. The Labute approximate surface area is 84.2 Å². The monoisotopic (exact) mass is 196 g/mol. The van der Waals surface area contributed by atoms with Crippen molar-refractivity contribution in [3.63, 3.8) is 0 Å². The third kappa shape index (κ3) is 5.27. The molecule has 0 atom stereocenters. The third-order valence-electron chi connectivity index (χ3n) is 1.59. The van der Waals surface area contributed by atoms with Crippen LogP contribution in [0.4, 0.5) is 0 Å². The number of esters is 1. The fourth-order valence-corrected chi connectivity index (χ4v) is 0.864. The third-order valence-corrected chi connectivity index (χ3v) is 1.59. The van der Waals surface area contributed by atoms with E-state index in [2.05, 4.69) is 16.5 Å². The van der Waals surface area contributed by atoms with Crippen molar-refractivity contribution < 1.29 is 14.3 Å². The van der Waals surface area contributed by atoms with Crippen molar-refractivity contribution in [1.82, 2.24) is 0 Å². The highest BCUT2D eigenvalue weighted by Crippen LogP contribution is 1.95. The Hall–Kier alpha value is -1.41. The zero-order valence-corrected chi connectivity index (χ0v) is 8.69. The summed E-state index contributed by atoms with van der Waals surface area (Å²) in [5.74, 6) is -0.595. The minimum atomic E-state index is -0.595. The van der Waals surface area contributed by atoms with Gasteiger partial charge >= 0.3 is 11.7 Å². The van der Waals surface area contributed by atoms with Crippen LogP contribution in [0.1, 0.15) is 33.1 Å². The van der Waals surface area contributed by atoms with Crippen molar-refractivity contribution in [1.29, 1.82) is 0 Å². The average Bonchev–Trinajstić information content (AvgIpc) is 2.18. The topological polar surface area (TPSA) is 62.7 Å². The van der Waals surface area contributed by atoms with Gasteiger partial charge in [0.25, 0.3) is 0 Å². The van der Waals surface area contributed by atoms with Crippen molar-refractivity contribution in [3.8, 4) is 0 Å². The lowest BCUT2D eigenvalue weighted by molar-refractivity contribution is -0.139. The highest BCUT2D eigenvalue weighted by Gasteiger charge is 2.16. The molecule has 0 aliphatic heterocycles. The van der Waals surface area contributed by atoms with Crippen molar-refractivity contribution >= 4 is 11.7 Å². The molecule has 0 aromatic rings. The zero-order valence-electron chi connectivity index (χ0n) is 8.69. The molecule has 0 aliphatic rings. The van der Waals surface area contributed by atoms with Gasteiger partial charge in [0.15, 0.2) is 0 Å². The van der Waals surface area contributed by atoms with Gasteiger partial charge < -0.3 is 10.3 Å². The first-order valence-electron chi connectivity index (χ1n) is 4.82. The van der Waals surface area contributed by atoms with Crippen LogP contribution in [0.2, 0.25) is 0 Å². The number of allylic oxidation sites excluding steroid dienone is 1. The molecule has 0 bridgehead atoms. The number of carbonyl (C=O) groups is 1. The van der Waals surface area contributed by atoms with Crippen LogP contribution in [0, 0.1) is 0 Å². The Morgan fingerprint density at radius 3 is 2.71 bits per heavy atom. The van der Waals surface area contributed by atoms with Crippen LogP contribution in [0.3, 0.4) is 0 Å². The van der Waals surface area contributed by atoms with Crippen LogP contribution in [0.25, 0.3) is 5.53 Å². The van der Waals surface area contributed by atoms with Gasteiger partial charge in [-0.3, -0.25) is 0 Å². The van der Waals surface area contributed by atoms with Crippen molar-refractivity contribution in [2.24, 2.45) is 0 Å². The van der Waals surface area contributed by atoms with Gasteiger partial charge in [-0.25, -0.2) is 4.79 Å². The second-order valence-electron chi connectivity index (χ2n) is 2.75. The molecule has 0 heterocycles. The van der Waals surface area contributed by atoms with Crippen LogP contribution in [0.5, 0.6) is 0 Å². The summed E-state index contributed by atoms with van der Waals surface area (Å²) >= 11 is 0. The minimum Gasteiger partial charge on any atom is -0.457 e. The van der Waals surface area contributed by atoms with E-state index < -0.39 is 5.97 Å². The molecule has 14 heavy (non-hydrogen) atoms. The molecule has 0 saturated carbocycles. The van der Waals surface area contributed by atoms with Crippen molar-refractivity contribution in [3.05, 3.63) is 17.7 Å². The largest absolute Gasteiger partial charge is 0.457 e. The lowest BCUT2D eigenvalue weighted by Gasteiger charge is -1.93. The SMILES string of the molecule is CCCCC=CC(=[N+]=[N-])C(=O)OCC. The minimum absolute atomic E-state index is 0.0528. The van der Waals surface area contributed by atoms with Crippen molar-refractivity contribution in [2.75, 3.05) is 6.61 Å². The maximum absolute atomic E-state index is 11.1. The van der Waals surface area contributed by atoms with Gasteiger partial charge in [0.1, 0.15) is 0 Å². The van der Waals surface area contributed by atoms with E-state index in [0.29, 0.717) is 0 Å². The highest BCUT2D eigenvalue weighted by molar-refractivity contribution is 6.38. The van der Waals surface area contributed by atoms with Gasteiger partial charge in [0.05, 0.1) is 6.61 Å². The van der Waals surface area contributed by atoms with E-state index in [4.69, 9.17) is 5.53 Å². The predicted molar refractivity (Wildman–Crippen MR) is 53.9 cm³/mol. The van der Waals surface area contributed by atoms with E-state index in [0.717, 1.165) is 19.3 Å². The second-order valence-corrected chi connectivity index (χ2v) is 2.75. The summed E-state index contributed by atoms with van der Waals surface area (Å²) in [5, 5.41) is 0. The predicted octanol–water partition coefficient (Wildman–Crippen LogP) is 1.97. The second kappa shape index (κ2) is 8.20. The Kier molecular flexibility index (Phi) is 7.37. The fraction of sp³-hybridized carbons (Fsp3) is 0.600. The molecule has 78 valence electrons. The molecule has 0 rings (SSSR count). The summed E-state index contributed by atoms with van der Waals surface area (Å²) in [6.45, 7) is 4.06. The van der Waals surface area contributed by atoms with Gasteiger partial charge in [-0.1, -0.05) is 25.8 Å². The molecule has 0 aromatic carbocycles. The quantitative estimate of drug-likeness (QED) is 0.214. The lowest BCUT2D eigenvalue weighted by atomic mass is 10.2. The molecule has 0 aromatic heterocycles. The summed E-state index contributed by atoms with van der Waals surface area (Å²) in [4.78, 5) is 13.9. The number of unbranched alkanes of at least 4 members (excludes halogenated alkanes) is 2. The molecule has 4 nitrogen and oxygen atoms in total. The Balaban J connectivity index is 4.10. The summed E-state index contributed by atoms with van der Waals surface area (Å²) in [5.41, 5.74) is 8.46. The summed E-state index contributed by atoms with van der Waals surface area (Å²) < 4.78 is 4.67. The first-order chi connectivity index (χ1) is 6.76. The van der Waals surface area contributed by atoms with E-state index in [1.807, 2.05) is 0 Å². The molecular formula is C10H16N2O2. The molecule has 0 aliphatic carbocycles. The highest BCUT2D eigenvalue weighted by atomic mass is 16.5. The van der Waals surface area contributed by atoms with Crippen LogP contribution in [-0.4, -0.2) is 23.1 Å². The van der Waals surface area contributed by atoms with E-state index in [9.17, 15) is 4.79 Å². The maximum Gasteiger partial charge on any atom is 0.421 e. The molecule has 4 heteroatoms. The summed E-state index contributed by atoms with van der Waals surface area (Å²) in [7, 11) is 0. The maximum atomic E-state index is 11.1. The molecule has 0 N–H and O–H groups in total. The molecule has 0 unspecified atom stereocenters. The van der Waals surface area contributed by atoms with Crippen LogP contribution >= 0.6 is 0 Å². The van der Waals surface area contributed by atoms with Crippen LogP contribution in [0.15, 0.2) is 12.2 Å². The molecule has 0 fully saturated rings. The van der Waals surface area contributed by atoms with Gasteiger partial charge in [0.2, 0.25) is 0 Å². The summed E-state index contributed by atoms with van der Waals surface area (Å²) in [6.07, 6.45) is 6.30. The number of nitrogens with zero attached hydrogens (tertiary/aromatic N) is 2. The fourth-order valence-electron chi connectivity index (χ4n) is 0.864. The Bertz CT molecular complexity index is 253. The van der Waals surface area contributed by atoms with E-state index in [1.165, 1.54) is 6.08 Å². The number of hydrogen-bond acceptors (Lipinski definition) is 2. The van der Waals surface area contributed by atoms with Crippen LogP contribution < -0.4 is 0 Å². The molecular weight excluding hydrogens is 180 g/mol. The Morgan fingerprint density at radius 2 is 2.21 bits per heavy atom. The normalized spacial score (nSPS) is 9.86. The number of carbonyl (C=O) groups excluding carboxylic acids is 1. The smallest absolute Gasteiger partial charge is 0.421 e. The molecule has 0 saturated heterocycles. The average molecular weight is 196 g/mol. The standard InChI is InChI=1S/C10H16N2O2/c1-3-5-6-7-8-9(12-11)10(13)14-4-2/h7-8H,3-6H2,1-2H3. The first kappa shape index (κ1) is 12.6. The van der Waals surface area contributed by atoms with Gasteiger partial charge in [0, 0.05) is 6.08 Å². The van der Waals surface area contributed by atoms with E-state index in [1.54, 1.807) is 13.0 Å². The van der Waals surface area contributed by atoms with Crippen LogP contribution in [-0.2, 0) is 9.53 Å². The lowest BCUT2D eigenvalue weighted by Crippen LogP contribution is -2.16. The molecule has 0 radical (unpaired) electrons. The zero-order chi connectivity index (χ0) is 10.8. The van der Waals surface area contributed by atoms with E-state index in [-0.39, 0.29) is 12.3 Å². The summed E-state index contributed by atoms with van der Waals surface area (Å²) in [6, 6.07) is 0. The molecule has 0 spiro atoms. The molecule has 0 amide bonds. The Morgan fingerprint density at radius 1 is 1.50 bits per heavy atom. The van der Waals surface area contributed by atoms with Gasteiger partial charge in [-0.15, -0.1) is 0 Å². The van der Waals surface area contributed by atoms with E-state index >= 15 is 0 Å². The first-order valence-corrected chi connectivity index (χ1v) is 4.82.